The van der Waals surface area contributed by atoms with Gasteiger partial charge in [0.2, 0.25) is 21.8 Å². The third kappa shape index (κ3) is 7.13. The Bertz CT molecular complexity index is 1200. The van der Waals surface area contributed by atoms with E-state index in [0.717, 1.165) is 47.4 Å². The number of rotatable bonds is 10. The fraction of sp³-hybridized carbons (Fsp3) is 0.462. The topological polar surface area (TPSA) is 96.0 Å². The molecular weight excluding hydrogens is 502 g/mol. The van der Waals surface area contributed by atoms with Crippen molar-refractivity contribution in [2.24, 2.45) is 0 Å². The van der Waals surface area contributed by atoms with E-state index < -0.39 is 28.5 Å². The van der Waals surface area contributed by atoms with E-state index in [4.69, 9.17) is 16.3 Å². The monoisotopic (exact) mass is 535 g/mol. The Labute approximate surface area is 218 Å². The Morgan fingerprint density at radius 2 is 1.86 bits per heavy atom. The average Bonchev–Trinajstić information content (AvgIpc) is 3.34. The van der Waals surface area contributed by atoms with Crippen LogP contribution in [-0.2, 0) is 26.2 Å². The number of hydrogen-bond donors (Lipinski definition) is 1. The van der Waals surface area contributed by atoms with Crippen molar-refractivity contribution < 1.29 is 22.7 Å². The van der Waals surface area contributed by atoms with E-state index in [1.807, 2.05) is 13.0 Å². The van der Waals surface area contributed by atoms with Crippen molar-refractivity contribution in [1.82, 2.24) is 10.2 Å². The number of nitrogens with zero attached hydrogens (tertiary/aromatic N) is 2. The van der Waals surface area contributed by atoms with Crippen LogP contribution in [0, 0.1) is 6.92 Å². The van der Waals surface area contributed by atoms with Crippen LogP contribution < -0.4 is 14.4 Å². The fourth-order valence-electron chi connectivity index (χ4n) is 4.29. The van der Waals surface area contributed by atoms with Gasteiger partial charge in [-0.05, 0) is 62.1 Å². The van der Waals surface area contributed by atoms with Crippen LogP contribution in [0.5, 0.6) is 5.75 Å². The Morgan fingerprint density at radius 3 is 2.47 bits per heavy atom. The summed E-state index contributed by atoms with van der Waals surface area (Å²) >= 11 is 6.23. The highest BCUT2D eigenvalue weighted by atomic mass is 35.5. The summed E-state index contributed by atoms with van der Waals surface area (Å²) in [5.74, 6) is -0.147. The molecule has 2 aromatic carbocycles. The molecule has 1 aliphatic rings. The van der Waals surface area contributed by atoms with Gasteiger partial charge in [-0.15, -0.1) is 0 Å². The Hall–Kier alpha value is -2.78. The molecule has 8 nitrogen and oxygen atoms in total. The van der Waals surface area contributed by atoms with Crippen molar-refractivity contribution in [3.05, 3.63) is 58.6 Å². The van der Waals surface area contributed by atoms with E-state index in [0.29, 0.717) is 10.8 Å². The van der Waals surface area contributed by atoms with Gasteiger partial charge < -0.3 is 15.0 Å². The van der Waals surface area contributed by atoms with Gasteiger partial charge >= 0.3 is 0 Å². The molecule has 2 aromatic rings. The predicted molar refractivity (Wildman–Crippen MR) is 142 cm³/mol. The van der Waals surface area contributed by atoms with Gasteiger partial charge in [0.15, 0.2) is 0 Å². The quantitative estimate of drug-likeness (QED) is 0.498. The number of carbonyl (C=O) groups is 2. The lowest BCUT2D eigenvalue weighted by atomic mass is 10.1. The highest BCUT2D eigenvalue weighted by Gasteiger charge is 2.31. The van der Waals surface area contributed by atoms with E-state index in [9.17, 15) is 18.0 Å². The average molecular weight is 536 g/mol. The van der Waals surface area contributed by atoms with Crippen molar-refractivity contribution in [1.29, 1.82) is 0 Å². The standard InChI is InChI=1S/C26H34ClN3O5S/c1-18-12-13-22(15-24(18)27)30(36(4,33)34)17-25(31)29(16-20-8-7-11-23(14-20)35-3)19(2)26(32)28-21-9-5-6-10-21/h7-8,11-15,19,21H,5-6,9-10,16-17H2,1-4H3,(H,28,32)/t19-/m1/s1. The number of sulfonamides is 1. The predicted octanol–water partition coefficient (Wildman–Crippen LogP) is 3.90. The van der Waals surface area contributed by atoms with Gasteiger partial charge in [0.1, 0.15) is 18.3 Å². The summed E-state index contributed by atoms with van der Waals surface area (Å²) in [4.78, 5) is 28.2. The van der Waals surface area contributed by atoms with E-state index in [-0.39, 0.29) is 24.2 Å². The zero-order valence-electron chi connectivity index (χ0n) is 21.2. The van der Waals surface area contributed by atoms with Gasteiger partial charge in [-0.2, -0.15) is 0 Å². The lowest BCUT2D eigenvalue weighted by Gasteiger charge is -2.32. The van der Waals surface area contributed by atoms with Crippen LogP contribution in [0.3, 0.4) is 0 Å². The molecule has 1 atom stereocenters. The van der Waals surface area contributed by atoms with Crippen LogP contribution in [0.25, 0.3) is 0 Å². The minimum absolute atomic E-state index is 0.0935. The van der Waals surface area contributed by atoms with Crippen LogP contribution in [0.4, 0.5) is 5.69 Å². The van der Waals surface area contributed by atoms with Gasteiger partial charge in [-0.1, -0.05) is 42.6 Å². The third-order valence-corrected chi connectivity index (χ3v) is 8.03. The number of hydrogen-bond acceptors (Lipinski definition) is 5. The minimum Gasteiger partial charge on any atom is -0.497 e. The molecule has 0 radical (unpaired) electrons. The Morgan fingerprint density at radius 1 is 1.17 bits per heavy atom. The molecule has 0 aliphatic heterocycles. The summed E-state index contributed by atoms with van der Waals surface area (Å²) < 4.78 is 31.7. The first-order valence-corrected chi connectivity index (χ1v) is 14.2. The first kappa shape index (κ1) is 27.8. The largest absolute Gasteiger partial charge is 0.497 e. The zero-order chi connectivity index (χ0) is 26.5. The molecular formula is C26H34ClN3O5S. The SMILES string of the molecule is COc1cccc(CN(C(=O)CN(c2ccc(C)c(Cl)c2)S(C)(=O)=O)[C@H](C)C(=O)NC2CCCC2)c1. The molecule has 0 aromatic heterocycles. The first-order valence-electron chi connectivity index (χ1n) is 12.0. The minimum atomic E-state index is -3.82. The van der Waals surface area contributed by atoms with E-state index in [1.54, 1.807) is 44.4 Å². The van der Waals surface area contributed by atoms with Crippen molar-refractivity contribution in [3.63, 3.8) is 0 Å². The molecule has 36 heavy (non-hydrogen) atoms. The molecule has 1 aliphatic carbocycles. The van der Waals surface area contributed by atoms with Crippen LogP contribution >= 0.6 is 11.6 Å². The van der Waals surface area contributed by atoms with Crippen LogP contribution in [0.1, 0.15) is 43.7 Å². The zero-order valence-corrected chi connectivity index (χ0v) is 22.7. The summed E-state index contributed by atoms with van der Waals surface area (Å²) in [6.45, 7) is 3.11. The molecule has 3 rings (SSSR count). The molecule has 0 bridgehead atoms. The highest BCUT2D eigenvalue weighted by Crippen LogP contribution is 2.26. The number of carbonyl (C=O) groups excluding carboxylic acids is 2. The lowest BCUT2D eigenvalue weighted by Crippen LogP contribution is -2.52. The molecule has 196 valence electrons. The van der Waals surface area contributed by atoms with Gasteiger partial charge in [0, 0.05) is 17.6 Å². The first-order chi connectivity index (χ1) is 17.0. The Balaban J connectivity index is 1.90. The van der Waals surface area contributed by atoms with E-state index in [2.05, 4.69) is 5.32 Å². The van der Waals surface area contributed by atoms with Gasteiger partial charge in [0.25, 0.3) is 0 Å². The number of amides is 2. The fourth-order valence-corrected chi connectivity index (χ4v) is 5.31. The number of halogens is 1. The molecule has 0 spiro atoms. The second kappa shape index (κ2) is 12.0. The molecule has 2 amide bonds. The number of benzene rings is 2. The summed E-state index contributed by atoms with van der Waals surface area (Å²) in [7, 11) is -2.27. The second-order valence-electron chi connectivity index (χ2n) is 9.24. The van der Waals surface area contributed by atoms with E-state index >= 15 is 0 Å². The summed E-state index contributed by atoms with van der Waals surface area (Å²) in [5, 5.41) is 3.44. The summed E-state index contributed by atoms with van der Waals surface area (Å²) in [6, 6.07) is 11.3. The third-order valence-electron chi connectivity index (χ3n) is 6.48. The maximum absolute atomic E-state index is 13.6. The molecule has 1 N–H and O–H groups in total. The molecule has 0 saturated heterocycles. The molecule has 0 heterocycles. The molecule has 1 saturated carbocycles. The number of methoxy groups -OCH3 is 1. The number of aryl methyl sites for hydroxylation is 1. The number of ether oxygens (including phenoxy) is 1. The number of nitrogens with one attached hydrogen (secondary N) is 1. The van der Waals surface area contributed by atoms with Gasteiger partial charge in [-0.25, -0.2) is 8.42 Å². The van der Waals surface area contributed by atoms with Crippen molar-refractivity contribution in [2.75, 3.05) is 24.2 Å². The van der Waals surface area contributed by atoms with Crippen LogP contribution in [-0.4, -0.2) is 57.1 Å². The van der Waals surface area contributed by atoms with Gasteiger partial charge in [0.05, 0.1) is 19.1 Å². The smallest absolute Gasteiger partial charge is 0.244 e. The Kier molecular flexibility index (Phi) is 9.24. The van der Waals surface area contributed by atoms with Crippen molar-refractivity contribution in [3.8, 4) is 5.75 Å². The van der Waals surface area contributed by atoms with Crippen molar-refractivity contribution >= 4 is 39.1 Å². The van der Waals surface area contributed by atoms with Crippen LogP contribution in [0.2, 0.25) is 5.02 Å². The molecule has 10 heteroatoms. The van der Waals surface area contributed by atoms with Crippen LogP contribution in [0.15, 0.2) is 42.5 Å². The van der Waals surface area contributed by atoms with Crippen molar-refractivity contribution in [2.45, 2.75) is 58.2 Å². The van der Waals surface area contributed by atoms with Gasteiger partial charge in [-0.3, -0.25) is 13.9 Å². The number of anilines is 1. The highest BCUT2D eigenvalue weighted by molar-refractivity contribution is 7.92. The maximum atomic E-state index is 13.6. The van der Waals surface area contributed by atoms with E-state index in [1.165, 1.54) is 11.0 Å². The maximum Gasteiger partial charge on any atom is 0.244 e. The second-order valence-corrected chi connectivity index (χ2v) is 11.6. The molecule has 0 unspecified atom stereocenters. The lowest BCUT2D eigenvalue weighted by molar-refractivity contribution is -0.139. The normalized spacial score (nSPS) is 14.8. The summed E-state index contributed by atoms with van der Waals surface area (Å²) in [6.07, 6.45) is 5.00. The molecule has 1 fully saturated rings. The summed E-state index contributed by atoms with van der Waals surface area (Å²) in [5.41, 5.74) is 1.83.